The second-order valence-corrected chi connectivity index (χ2v) is 8.30. The zero-order valence-electron chi connectivity index (χ0n) is 15.1. The third kappa shape index (κ3) is 2.76. The fourth-order valence-electron chi connectivity index (χ4n) is 4.32. The molecule has 0 spiro atoms. The molecule has 0 bridgehead atoms. The van der Waals surface area contributed by atoms with Crippen molar-refractivity contribution < 1.29 is 5.11 Å². The molecule has 5 rings (SSSR count). The van der Waals surface area contributed by atoms with E-state index in [2.05, 4.69) is 4.90 Å². The fraction of sp³-hybridized carbons (Fsp3) is 0.450. The van der Waals surface area contributed by atoms with Crippen LogP contribution in [0.4, 0.5) is 5.13 Å². The molecule has 1 saturated heterocycles. The van der Waals surface area contributed by atoms with Gasteiger partial charge in [0.15, 0.2) is 5.13 Å². The standard InChI is InChI=1S/C20H22N4O2S/c25-12-11-24-18(21-14-6-2-1-5-13(14)19(24)26)16-8-4-10-23(16)20-22-15-7-3-9-17(15)27-20/h1-2,5-6,16,25H,3-4,7-12H2. The van der Waals surface area contributed by atoms with Gasteiger partial charge < -0.3 is 10.0 Å². The van der Waals surface area contributed by atoms with Gasteiger partial charge in [0, 0.05) is 11.4 Å². The molecule has 0 amide bonds. The van der Waals surface area contributed by atoms with Crippen LogP contribution in [-0.4, -0.2) is 32.8 Å². The highest BCUT2D eigenvalue weighted by molar-refractivity contribution is 7.15. The summed E-state index contributed by atoms with van der Waals surface area (Å²) in [4.78, 5) is 26.5. The lowest BCUT2D eigenvalue weighted by molar-refractivity contribution is 0.270. The molecule has 1 N–H and O–H groups in total. The van der Waals surface area contributed by atoms with E-state index in [1.54, 1.807) is 22.0 Å². The van der Waals surface area contributed by atoms with Crippen LogP contribution in [-0.2, 0) is 19.4 Å². The molecule has 27 heavy (non-hydrogen) atoms. The Labute approximate surface area is 161 Å². The average molecular weight is 382 g/mol. The SMILES string of the molecule is O=c1c2ccccc2nc(C2CCCN2c2nc3c(s2)CCC3)n1CCO. The van der Waals surface area contributed by atoms with Crippen molar-refractivity contribution in [3.63, 3.8) is 0 Å². The smallest absolute Gasteiger partial charge is 0.261 e. The van der Waals surface area contributed by atoms with E-state index >= 15 is 0 Å². The first kappa shape index (κ1) is 16.9. The van der Waals surface area contributed by atoms with E-state index in [4.69, 9.17) is 9.97 Å². The van der Waals surface area contributed by atoms with E-state index in [0.29, 0.717) is 5.39 Å². The number of nitrogens with zero attached hydrogens (tertiary/aromatic N) is 4. The third-order valence-electron chi connectivity index (χ3n) is 5.60. The molecule has 0 radical (unpaired) electrons. The quantitative estimate of drug-likeness (QED) is 0.751. The number of aliphatic hydroxyl groups is 1. The number of benzene rings is 1. The van der Waals surface area contributed by atoms with Crippen LogP contribution in [0, 0.1) is 0 Å². The van der Waals surface area contributed by atoms with Gasteiger partial charge in [-0.3, -0.25) is 9.36 Å². The van der Waals surface area contributed by atoms with Crippen LogP contribution in [0.5, 0.6) is 0 Å². The molecule has 1 atom stereocenters. The number of aliphatic hydroxyl groups excluding tert-OH is 1. The zero-order chi connectivity index (χ0) is 18.4. The minimum Gasteiger partial charge on any atom is -0.395 e. The number of para-hydroxylation sites is 1. The van der Waals surface area contributed by atoms with Gasteiger partial charge in [-0.25, -0.2) is 9.97 Å². The number of hydrogen-bond donors (Lipinski definition) is 1. The number of aryl methyl sites for hydroxylation is 2. The summed E-state index contributed by atoms with van der Waals surface area (Å²) >= 11 is 1.79. The molecule has 1 aromatic carbocycles. The Hall–Kier alpha value is -2.25. The van der Waals surface area contributed by atoms with Gasteiger partial charge in [-0.15, -0.1) is 11.3 Å². The molecule has 3 aromatic rings. The van der Waals surface area contributed by atoms with E-state index in [1.165, 1.54) is 17.0 Å². The lowest BCUT2D eigenvalue weighted by Gasteiger charge is -2.26. The summed E-state index contributed by atoms with van der Waals surface area (Å²) in [6, 6.07) is 7.49. The minimum atomic E-state index is -0.0782. The summed E-state index contributed by atoms with van der Waals surface area (Å²) in [5.41, 5.74) is 1.90. The van der Waals surface area contributed by atoms with Crippen molar-refractivity contribution in [2.45, 2.75) is 44.7 Å². The molecule has 3 heterocycles. The van der Waals surface area contributed by atoms with Crippen LogP contribution in [0.2, 0.25) is 0 Å². The van der Waals surface area contributed by atoms with Crippen molar-refractivity contribution in [2.75, 3.05) is 18.1 Å². The predicted octanol–water partition coefficient (Wildman–Crippen LogP) is 2.68. The molecular weight excluding hydrogens is 360 g/mol. The minimum absolute atomic E-state index is 0.0279. The first-order valence-corrected chi connectivity index (χ1v) is 10.4. The number of thiazole rings is 1. The number of fused-ring (bicyclic) bond motifs is 2. The Bertz CT molecular complexity index is 1040. The summed E-state index contributed by atoms with van der Waals surface area (Å²) in [6.45, 7) is 1.12. The van der Waals surface area contributed by atoms with Crippen molar-refractivity contribution in [1.29, 1.82) is 0 Å². The summed E-state index contributed by atoms with van der Waals surface area (Å²) in [7, 11) is 0. The number of rotatable bonds is 4. The van der Waals surface area contributed by atoms with Gasteiger partial charge in [0.25, 0.3) is 5.56 Å². The van der Waals surface area contributed by atoms with Crippen molar-refractivity contribution in [1.82, 2.24) is 14.5 Å². The lowest BCUT2D eigenvalue weighted by atomic mass is 10.1. The zero-order valence-corrected chi connectivity index (χ0v) is 15.9. The molecule has 2 aromatic heterocycles. The Kier molecular flexibility index (Phi) is 4.21. The highest BCUT2D eigenvalue weighted by Gasteiger charge is 2.33. The van der Waals surface area contributed by atoms with Crippen LogP contribution in [0.25, 0.3) is 10.9 Å². The van der Waals surface area contributed by atoms with Crippen molar-refractivity contribution in [3.8, 4) is 0 Å². The van der Waals surface area contributed by atoms with Crippen LogP contribution >= 0.6 is 11.3 Å². The van der Waals surface area contributed by atoms with Gasteiger partial charge in [-0.05, 0) is 44.2 Å². The summed E-state index contributed by atoms with van der Waals surface area (Å²) in [5, 5.41) is 11.2. The highest BCUT2D eigenvalue weighted by Crippen LogP contribution is 2.40. The van der Waals surface area contributed by atoms with E-state index in [1.807, 2.05) is 18.2 Å². The maximum atomic E-state index is 13.0. The highest BCUT2D eigenvalue weighted by atomic mass is 32.1. The van der Waals surface area contributed by atoms with Gasteiger partial charge in [0.1, 0.15) is 5.82 Å². The monoisotopic (exact) mass is 382 g/mol. The van der Waals surface area contributed by atoms with E-state index in [9.17, 15) is 9.90 Å². The molecule has 140 valence electrons. The number of hydrogen-bond acceptors (Lipinski definition) is 6. The second-order valence-electron chi connectivity index (χ2n) is 7.24. The van der Waals surface area contributed by atoms with Gasteiger partial charge in [-0.1, -0.05) is 12.1 Å². The molecule has 6 nitrogen and oxygen atoms in total. The van der Waals surface area contributed by atoms with Gasteiger partial charge in [0.2, 0.25) is 0 Å². The largest absolute Gasteiger partial charge is 0.395 e. The fourth-order valence-corrected chi connectivity index (χ4v) is 5.54. The van der Waals surface area contributed by atoms with Gasteiger partial charge in [-0.2, -0.15) is 0 Å². The Morgan fingerprint density at radius 1 is 1.19 bits per heavy atom. The molecule has 1 aliphatic carbocycles. The Balaban J connectivity index is 1.62. The van der Waals surface area contributed by atoms with E-state index in [0.717, 1.165) is 48.7 Å². The summed E-state index contributed by atoms with van der Waals surface area (Å²) in [5.74, 6) is 0.751. The van der Waals surface area contributed by atoms with E-state index < -0.39 is 0 Å². The molecule has 1 aliphatic heterocycles. The van der Waals surface area contributed by atoms with Crippen molar-refractivity contribution in [3.05, 3.63) is 51.0 Å². The Morgan fingerprint density at radius 3 is 2.93 bits per heavy atom. The molecular formula is C20H22N4O2S. The average Bonchev–Trinajstić information content (AvgIpc) is 3.39. The van der Waals surface area contributed by atoms with Crippen molar-refractivity contribution in [2.24, 2.45) is 0 Å². The van der Waals surface area contributed by atoms with Crippen LogP contribution in [0.1, 0.15) is 41.7 Å². The maximum Gasteiger partial charge on any atom is 0.261 e. The van der Waals surface area contributed by atoms with Crippen LogP contribution in [0.15, 0.2) is 29.1 Å². The molecule has 1 fully saturated rings. The van der Waals surface area contributed by atoms with Gasteiger partial charge >= 0.3 is 0 Å². The first-order chi connectivity index (χ1) is 13.3. The molecule has 1 unspecified atom stereocenters. The summed E-state index contributed by atoms with van der Waals surface area (Å²) in [6.07, 6.45) is 5.42. The second kappa shape index (κ2) is 6.73. The topological polar surface area (TPSA) is 71.2 Å². The third-order valence-corrected chi connectivity index (χ3v) is 6.79. The summed E-state index contributed by atoms with van der Waals surface area (Å²) < 4.78 is 1.66. The maximum absolute atomic E-state index is 13.0. The van der Waals surface area contributed by atoms with E-state index in [-0.39, 0.29) is 24.8 Å². The lowest BCUT2D eigenvalue weighted by Crippen LogP contribution is -2.33. The molecule has 2 aliphatic rings. The van der Waals surface area contributed by atoms with Crippen molar-refractivity contribution >= 4 is 27.4 Å². The number of anilines is 1. The normalized spacial score (nSPS) is 19.1. The predicted molar refractivity (Wildman–Crippen MR) is 107 cm³/mol. The first-order valence-electron chi connectivity index (χ1n) is 9.62. The van der Waals surface area contributed by atoms with Gasteiger partial charge in [0.05, 0.1) is 35.8 Å². The number of aromatic nitrogens is 3. The van der Waals surface area contributed by atoms with Crippen LogP contribution in [0.3, 0.4) is 0 Å². The molecule has 0 saturated carbocycles. The van der Waals surface area contributed by atoms with Crippen LogP contribution < -0.4 is 10.5 Å². The Morgan fingerprint density at radius 2 is 2.07 bits per heavy atom. The molecule has 7 heteroatoms.